The molecule has 0 radical (unpaired) electrons. The fourth-order valence-corrected chi connectivity index (χ4v) is 3.03. The highest BCUT2D eigenvalue weighted by atomic mass is 16.5. The number of carbonyl (C=O) groups is 2. The fourth-order valence-electron chi connectivity index (χ4n) is 3.03. The van der Waals surface area contributed by atoms with Crippen molar-refractivity contribution in [2.24, 2.45) is 5.92 Å². The maximum atomic E-state index is 12.2. The van der Waals surface area contributed by atoms with Gasteiger partial charge in [-0.3, -0.25) is 9.59 Å². The van der Waals surface area contributed by atoms with Crippen LogP contribution in [0.3, 0.4) is 0 Å². The third kappa shape index (κ3) is 2.35. The number of ether oxygens (including phenoxy) is 1. The predicted molar refractivity (Wildman–Crippen MR) is 71.5 cm³/mol. The summed E-state index contributed by atoms with van der Waals surface area (Å²) in [5.41, 5.74) is 1.02. The van der Waals surface area contributed by atoms with E-state index in [2.05, 4.69) is 5.32 Å². The van der Waals surface area contributed by atoms with Gasteiger partial charge in [-0.25, -0.2) is 0 Å². The quantitative estimate of drug-likeness (QED) is 0.873. The molecule has 1 aromatic carbocycles. The van der Waals surface area contributed by atoms with Gasteiger partial charge in [0.05, 0.1) is 5.92 Å². The maximum Gasteiger partial charge on any atom is 0.308 e. The van der Waals surface area contributed by atoms with Gasteiger partial charge in [0, 0.05) is 12.5 Å². The highest BCUT2D eigenvalue weighted by molar-refractivity contribution is 5.83. The number of amides is 1. The lowest BCUT2D eigenvalue weighted by Crippen LogP contribution is -2.46. The topological polar surface area (TPSA) is 75.6 Å². The van der Waals surface area contributed by atoms with Crippen LogP contribution in [0.25, 0.3) is 0 Å². The van der Waals surface area contributed by atoms with Crippen LogP contribution >= 0.6 is 0 Å². The van der Waals surface area contributed by atoms with Gasteiger partial charge in [-0.05, 0) is 24.5 Å². The monoisotopic (exact) mass is 275 g/mol. The minimum atomic E-state index is -0.830. The highest BCUT2D eigenvalue weighted by Gasteiger charge is 2.37. The summed E-state index contributed by atoms with van der Waals surface area (Å²) in [5, 5.41) is 12.0. The largest absolute Gasteiger partial charge is 0.481 e. The molecule has 3 rings (SSSR count). The average molecular weight is 275 g/mol. The second-order valence-corrected chi connectivity index (χ2v) is 5.41. The number of nitrogens with one attached hydrogen (secondary N) is 1. The van der Waals surface area contributed by atoms with Crippen molar-refractivity contribution in [3.05, 3.63) is 29.8 Å². The first-order valence-corrected chi connectivity index (χ1v) is 6.93. The minimum absolute atomic E-state index is 0.209. The van der Waals surface area contributed by atoms with E-state index in [4.69, 9.17) is 9.84 Å². The number of benzene rings is 1. The molecule has 1 amide bonds. The number of hydrogen-bond acceptors (Lipinski definition) is 3. The van der Waals surface area contributed by atoms with Crippen LogP contribution in [0.1, 0.15) is 24.8 Å². The summed E-state index contributed by atoms with van der Waals surface area (Å²) in [6.45, 7) is 0. The summed E-state index contributed by atoms with van der Waals surface area (Å²) in [5.74, 6) is -0.764. The molecule has 106 valence electrons. The molecule has 0 saturated heterocycles. The van der Waals surface area contributed by atoms with Gasteiger partial charge in [0.15, 0.2) is 6.10 Å². The molecular weight excluding hydrogens is 258 g/mol. The second-order valence-electron chi connectivity index (χ2n) is 5.41. The molecule has 0 bridgehead atoms. The van der Waals surface area contributed by atoms with Crippen LogP contribution in [-0.2, 0) is 16.0 Å². The van der Waals surface area contributed by atoms with E-state index in [0.29, 0.717) is 12.8 Å². The van der Waals surface area contributed by atoms with Gasteiger partial charge in [0.2, 0.25) is 0 Å². The number of para-hydroxylation sites is 1. The molecule has 0 aromatic heterocycles. The van der Waals surface area contributed by atoms with E-state index in [0.717, 1.165) is 24.2 Å². The Hall–Kier alpha value is -2.04. The molecule has 2 N–H and O–H groups in total. The molecule has 5 nitrogen and oxygen atoms in total. The lowest BCUT2D eigenvalue weighted by atomic mass is 10.0. The van der Waals surface area contributed by atoms with Crippen LogP contribution in [0, 0.1) is 5.92 Å². The van der Waals surface area contributed by atoms with Crippen LogP contribution in [0.15, 0.2) is 24.3 Å². The summed E-state index contributed by atoms with van der Waals surface area (Å²) in [6.07, 6.45) is 2.21. The molecule has 1 saturated carbocycles. The number of carboxylic acid groups (broad SMARTS) is 1. The fraction of sp³-hybridized carbons (Fsp3) is 0.467. The van der Waals surface area contributed by atoms with E-state index in [1.165, 1.54) is 0 Å². The predicted octanol–water partition coefficient (Wildman–Crippen LogP) is 1.36. The first kappa shape index (κ1) is 13.0. The Balaban J connectivity index is 1.63. The van der Waals surface area contributed by atoms with Crippen LogP contribution in [0.5, 0.6) is 5.75 Å². The molecule has 5 heteroatoms. The number of aliphatic carboxylic acids is 1. The molecule has 1 aromatic rings. The number of carboxylic acids is 1. The number of fused-ring (bicyclic) bond motifs is 1. The van der Waals surface area contributed by atoms with Gasteiger partial charge in [-0.2, -0.15) is 0 Å². The molecular formula is C15H17NO4. The first-order chi connectivity index (χ1) is 9.65. The highest BCUT2D eigenvalue weighted by Crippen LogP contribution is 2.29. The Morgan fingerprint density at radius 2 is 2.05 bits per heavy atom. The van der Waals surface area contributed by atoms with Crippen LogP contribution in [0.4, 0.5) is 0 Å². The molecule has 3 atom stereocenters. The van der Waals surface area contributed by atoms with Gasteiger partial charge < -0.3 is 15.2 Å². The Kier molecular flexibility index (Phi) is 3.34. The smallest absolute Gasteiger partial charge is 0.308 e. The Bertz CT molecular complexity index is 517. The lowest BCUT2D eigenvalue weighted by Gasteiger charge is -2.19. The Labute approximate surface area is 116 Å². The maximum absolute atomic E-state index is 12.2. The standard InChI is InChI=1S/C15H17NO4/c17-14(16-11-6-3-5-10(11)15(18)19)13-8-9-4-1-2-7-12(9)20-13/h1-2,4,7,10-11,13H,3,5-6,8H2,(H,16,17)(H,18,19). The molecule has 20 heavy (non-hydrogen) atoms. The zero-order valence-electron chi connectivity index (χ0n) is 11.0. The van der Waals surface area contributed by atoms with E-state index >= 15 is 0 Å². The minimum Gasteiger partial charge on any atom is -0.481 e. The summed E-state index contributed by atoms with van der Waals surface area (Å²) in [4.78, 5) is 23.3. The summed E-state index contributed by atoms with van der Waals surface area (Å²) in [6, 6.07) is 7.31. The van der Waals surface area contributed by atoms with E-state index in [-0.39, 0.29) is 11.9 Å². The third-order valence-electron chi connectivity index (χ3n) is 4.10. The average Bonchev–Trinajstić information content (AvgIpc) is 3.03. The van der Waals surface area contributed by atoms with Gasteiger partial charge in [-0.15, -0.1) is 0 Å². The van der Waals surface area contributed by atoms with E-state index in [1.54, 1.807) is 0 Å². The molecule has 0 spiro atoms. The van der Waals surface area contributed by atoms with Crippen molar-refractivity contribution in [1.82, 2.24) is 5.32 Å². The van der Waals surface area contributed by atoms with E-state index < -0.39 is 18.0 Å². The van der Waals surface area contributed by atoms with E-state index in [1.807, 2.05) is 24.3 Å². The molecule has 1 fully saturated rings. The number of hydrogen-bond donors (Lipinski definition) is 2. The Morgan fingerprint density at radius 1 is 1.25 bits per heavy atom. The van der Waals surface area contributed by atoms with Crippen LogP contribution in [-0.4, -0.2) is 29.1 Å². The van der Waals surface area contributed by atoms with Gasteiger partial charge in [0.1, 0.15) is 5.75 Å². The SMILES string of the molecule is O=C(NC1CCCC1C(=O)O)C1Cc2ccccc2O1. The molecule has 1 heterocycles. The molecule has 3 unspecified atom stereocenters. The molecule has 1 aliphatic carbocycles. The number of rotatable bonds is 3. The Morgan fingerprint density at radius 3 is 2.80 bits per heavy atom. The zero-order valence-corrected chi connectivity index (χ0v) is 11.0. The van der Waals surface area contributed by atoms with Crippen molar-refractivity contribution < 1.29 is 19.4 Å². The lowest BCUT2D eigenvalue weighted by molar-refractivity contribution is -0.142. The third-order valence-corrected chi connectivity index (χ3v) is 4.10. The van der Waals surface area contributed by atoms with Crippen molar-refractivity contribution in [3.63, 3.8) is 0 Å². The van der Waals surface area contributed by atoms with Crippen LogP contribution < -0.4 is 10.1 Å². The van der Waals surface area contributed by atoms with Gasteiger partial charge in [0.25, 0.3) is 5.91 Å². The van der Waals surface area contributed by atoms with Crippen molar-refractivity contribution in [3.8, 4) is 5.75 Å². The van der Waals surface area contributed by atoms with Crippen molar-refractivity contribution in [2.45, 2.75) is 37.8 Å². The van der Waals surface area contributed by atoms with E-state index in [9.17, 15) is 9.59 Å². The normalized spacial score (nSPS) is 27.7. The van der Waals surface area contributed by atoms with Crippen molar-refractivity contribution >= 4 is 11.9 Å². The first-order valence-electron chi connectivity index (χ1n) is 6.93. The zero-order chi connectivity index (χ0) is 14.1. The van der Waals surface area contributed by atoms with Crippen molar-refractivity contribution in [1.29, 1.82) is 0 Å². The van der Waals surface area contributed by atoms with Gasteiger partial charge >= 0.3 is 5.97 Å². The molecule has 1 aliphatic heterocycles. The van der Waals surface area contributed by atoms with Gasteiger partial charge in [-0.1, -0.05) is 24.6 Å². The second kappa shape index (κ2) is 5.15. The number of carbonyl (C=O) groups excluding carboxylic acids is 1. The molecule has 2 aliphatic rings. The summed E-state index contributed by atoms with van der Waals surface area (Å²) >= 11 is 0. The summed E-state index contributed by atoms with van der Waals surface area (Å²) < 4.78 is 5.62. The summed E-state index contributed by atoms with van der Waals surface area (Å²) in [7, 11) is 0. The van der Waals surface area contributed by atoms with Crippen molar-refractivity contribution in [2.75, 3.05) is 0 Å². The van der Waals surface area contributed by atoms with Crippen LogP contribution in [0.2, 0.25) is 0 Å².